The Morgan fingerprint density at radius 1 is 0.880 bits per heavy atom. The van der Waals surface area contributed by atoms with E-state index in [9.17, 15) is 0 Å². The molecule has 1 fully saturated rings. The van der Waals surface area contributed by atoms with Gasteiger partial charge in [0.05, 0.1) is 0 Å². The third-order valence-electron chi connectivity index (χ3n) is 4.66. The smallest absolute Gasteiger partial charge is 0.0253 e. The van der Waals surface area contributed by atoms with Gasteiger partial charge in [0.1, 0.15) is 0 Å². The SMILES string of the molecule is [C-]1=CC=CC1.[Hf+2]=[C]1CCCCC1.[c-]1cccc2c1Cc1ccccc1-2. The van der Waals surface area contributed by atoms with Crippen molar-refractivity contribution in [1.82, 2.24) is 0 Å². The van der Waals surface area contributed by atoms with Crippen molar-refractivity contribution >= 4 is 3.26 Å². The minimum absolute atomic E-state index is 1.01. The Kier molecular flexibility index (Phi) is 7.36. The standard InChI is InChI=1S/C13H9.C6H10.C5H5.Hf/c1-3-7-12-10(5-1)9-11-6-2-4-8-13(11)12;1-2-4-6-5-3-1;1-2-4-5-3-1;/h1-5,7-8H,9H2;1-5H2;1-3H,4H2;/q-1;;-1;+2. The third kappa shape index (κ3) is 5.57. The first kappa shape index (κ1) is 18.5. The molecule has 2 aromatic rings. The third-order valence-corrected chi connectivity index (χ3v) is 6.46. The van der Waals surface area contributed by atoms with E-state index >= 15 is 0 Å². The van der Waals surface area contributed by atoms with Crippen LogP contribution in [0.25, 0.3) is 11.1 Å². The summed E-state index contributed by atoms with van der Waals surface area (Å²) < 4.78 is 1.85. The van der Waals surface area contributed by atoms with Crippen LogP contribution in [0.15, 0.2) is 60.7 Å². The topological polar surface area (TPSA) is 0 Å². The second-order valence-electron chi connectivity index (χ2n) is 6.56. The number of hydrogen-bond acceptors (Lipinski definition) is 0. The van der Waals surface area contributed by atoms with Crippen molar-refractivity contribution in [3.05, 3.63) is 84.0 Å². The molecule has 0 aliphatic heterocycles. The van der Waals surface area contributed by atoms with Crippen LogP contribution in [0.4, 0.5) is 0 Å². The Morgan fingerprint density at radius 2 is 1.68 bits per heavy atom. The van der Waals surface area contributed by atoms with Crippen LogP contribution in [0.5, 0.6) is 0 Å². The first-order valence-electron chi connectivity index (χ1n) is 9.20. The molecule has 3 aliphatic carbocycles. The molecule has 0 radical (unpaired) electrons. The molecule has 1 heteroatoms. The summed E-state index contributed by atoms with van der Waals surface area (Å²) in [5.74, 6) is 0. The predicted octanol–water partition coefficient (Wildman–Crippen LogP) is 6.03. The Labute approximate surface area is 166 Å². The first-order chi connectivity index (χ1) is 12.3. The molecule has 0 heterocycles. The van der Waals surface area contributed by atoms with Gasteiger partial charge in [0.2, 0.25) is 0 Å². The van der Waals surface area contributed by atoms with Gasteiger partial charge in [-0.2, -0.15) is 35.9 Å². The van der Waals surface area contributed by atoms with Crippen LogP contribution in [0.3, 0.4) is 0 Å². The van der Waals surface area contributed by atoms with E-state index in [1.807, 2.05) is 21.5 Å². The van der Waals surface area contributed by atoms with E-state index in [0.29, 0.717) is 0 Å². The van der Waals surface area contributed by atoms with E-state index in [2.05, 4.69) is 54.6 Å². The van der Waals surface area contributed by atoms with E-state index in [-0.39, 0.29) is 0 Å². The fourth-order valence-corrected chi connectivity index (χ4v) is 4.59. The molecule has 0 spiro atoms. The molecule has 0 atom stereocenters. The maximum atomic E-state index is 3.30. The minimum Gasteiger partial charge on any atom is -0.179 e. The fraction of sp³-hybridized carbons (Fsp3) is 0.292. The van der Waals surface area contributed by atoms with Crippen molar-refractivity contribution in [2.24, 2.45) is 0 Å². The summed E-state index contributed by atoms with van der Waals surface area (Å²) in [7, 11) is 0. The van der Waals surface area contributed by atoms with Crippen molar-refractivity contribution < 1.29 is 23.9 Å². The summed E-state index contributed by atoms with van der Waals surface area (Å²) in [5.41, 5.74) is 5.51. The van der Waals surface area contributed by atoms with E-state index < -0.39 is 0 Å². The molecule has 0 amide bonds. The zero-order chi connectivity index (χ0) is 17.3. The zero-order valence-electron chi connectivity index (χ0n) is 14.7. The Morgan fingerprint density at radius 3 is 2.32 bits per heavy atom. The molecule has 25 heavy (non-hydrogen) atoms. The number of allylic oxidation sites excluding steroid dienone is 4. The molecule has 124 valence electrons. The number of fused-ring (bicyclic) bond motifs is 3. The molecule has 2 aromatic carbocycles. The first-order valence-corrected chi connectivity index (χ1v) is 11.0. The van der Waals surface area contributed by atoms with Gasteiger partial charge in [-0.15, -0.1) is 12.0 Å². The molecular weight excluding hydrogens is 467 g/mol. The summed E-state index contributed by atoms with van der Waals surface area (Å²) in [4.78, 5) is 0. The molecule has 0 bridgehead atoms. The van der Waals surface area contributed by atoms with Crippen LogP contribution in [0.1, 0.15) is 49.7 Å². The van der Waals surface area contributed by atoms with Crippen LogP contribution in [-0.2, 0) is 30.3 Å². The zero-order valence-corrected chi connectivity index (χ0v) is 18.3. The molecule has 3 aliphatic rings. The molecule has 0 aromatic heterocycles. The van der Waals surface area contributed by atoms with Crippen LogP contribution in [-0.4, -0.2) is 3.26 Å². The van der Waals surface area contributed by atoms with Gasteiger partial charge in [0.25, 0.3) is 0 Å². The average molecular weight is 491 g/mol. The predicted molar refractivity (Wildman–Crippen MR) is 103 cm³/mol. The number of benzene rings is 2. The molecule has 5 rings (SSSR count). The monoisotopic (exact) mass is 492 g/mol. The second-order valence-corrected chi connectivity index (χ2v) is 9.10. The maximum Gasteiger partial charge on any atom is -0.0253 e. The van der Waals surface area contributed by atoms with E-state index in [4.69, 9.17) is 0 Å². The summed E-state index contributed by atoms with van der Waals surface area (Å²) >= 11 is 1.37. The average Bonchev–Trinajstić information content (AvgIpc) is 3.34. The number of hydrogen-bond donors (Lipinski definition) is 0. The van der Waals surface area contributed by atoms with Crippen LogP contribution < -0.4 is 0 Å². The van der Waals surface area contributed by atoms with Crippen LogP contribution >= 0.6 is 0 Å². The summed E-state index contributed by atoms with van der Waals surface area (Å²) in [6.45, 7) is 0. The van der Waals surface area contributed by atoms with Gasteiger partial charge in [-0.25, -0.2) is 12.2 Å². The van der Waals surface area contributed by atoms with Crippen LogP contribution in [0.2, 0.25) is 0 Å². The van der Waals surface area contributed by atoms with E-state index in [1.165, 1.54) is 78.3 Å². The molecule has 1 saturated carbocycles. The summed E-state index contributed by atoms with van der Waals surface area (Å²) in [6, 6.07) is 18.1. The van der Waals surface area contributed by atoms with Crippen LogP contribution in [0, 0.1) is 12.1 Å². The molecular formula is C24H24Hf. The Balaban J connectivity index is 0.000000127. The van der Waals surface area contributed by atoms with Crippen molar-refractivity contribution in [1.29, 1.82) is 0 Å². The van der Waals surface area contributed by atoms with Crippen molar-refractivity contribution in [2.75, 3.05) is 0 Å². The van der Waals surface area contributed by atoms with Gasteiger partial charge in [0.15, 0.2) is 0 Å². The van der Waals surface area contributed by atoms with Gasteiger partial charge < -0.3 is 0 Å². The Bertz CT molecular complexity index is 706. The van der Waals surface area contributed by atoms with Crippen molar-refractivity contribution in [3.63, 3.8) is 0 Å². The molecule has 0 nitrogen and oxygen atoms in total. The molecule has 0 saturated heterocycles. The molecule has 0 N–H and O–H groups in total. The van der Waals surface area contributed by atoms with Crippen molar-refractivity contribution in [3.8, 4) is 11.1 Å². The normalized spacial score (nSPS) is 16.3. The summed E-state index contributed by atoms with van der Waals surface area (Å²) in [5, 5.41) is 0. The van der Waals surface area contributed by atoms with E-state index in [0.717, 1.165) is 12.8 Å². The maximum absolute atomic E-state index is 3.30. The largest absolute Gasteiger partial charge is 0.179 e. The number of rotatable bonds is 0. The minimum atomic E-state index is 1.01. The Hall–Kier alpha value is -1.34. The molecule has 0 unspecified atom stereocenters. The summed E-state index contributed by atoms with van der Waals surface area (Å²) in [6.07, 6.45) is 18.4. The quantitative estimate of drug-likeness (QED) is 0.266. The van der Waals surface area contributed by atoms with Crippen molar-refractivity contribution in [2.45, 2.75) is 44.9 Å². The van der Waals surface area contributed by atoms with Gasteiger partial charge in [0, 0.05) is 0 Å². The second kappa shape index (κ2) is 9.97. The van der Waals surface area contributed by atoms with Gasteiger partial charge in [-0.1, -0.05) is 35.4 Å². The van der Waals surface area contributed by atoms with Gasteiger partial charge in [-0.05, 0) is 6.42 Å². The van der Waals surface area contributed by atoms with Gasteiger partial charge >= 0.3 is 59.3 Å². The van der Waals surface area contributed by atoms with E-state index in [1.54, 1.807) is 0 Å². The van der Waals surface area contributed by atoms with Gasteiger partial charge in [-0.3, -0.25) is 6.08 Å². The fourth-order valence-electron chi connectivity index (χ4n) is 3.32.